The number of likely N-dealkylation sites (N-methyl/N-ethyl adjacent to an activating group) is 1. The first-order chi connectivity index (χ1) is 11.2. The second kappa shape index (κ2) is 9.79. The molecule has 0 aliphatic carbocycles. The van der Waals surface area contributed by atoms with E-state index >= 15 is 0 Å². The summed E-state index contributed by atoms with van der Waals surface area (Å²) in [6.45, 7) is 7.24. The number of methoxy groups -OCH3 is 1. The third kappa shape index (κ3) is 4.45. The summed E-state index contributed by atoms with van der Waals surface area (Å²) in [5.41, 5.74) is -0.200. The number of benzene rings is 1. The molecule has 0 saturated heterocycles. The third-order valence-corrected chi connectivity index (χ3v) is 4.30. The van der Waals surface area contributed by atoms with Crippen LogP contribution in [0.25, 0.3) is 0 Å². The van der Waals surface area contributed by atoms with Crippen LogP contribution >= 0.6 is 28.6 Å². The van der Waals surface area contributed by atoms with Gasteiger partial charge in [0.1, 0.15) is 5.41 Å². The zero-order chi connectivity index (χ0) is 18.5. The molecule has 1 aromatic rings. The molecule has 0 aromatic heterocycles. The van der Waals surface area contributed by atoms with Crippen LogP contribution in [0.4, 0.5) is 5.69 Å². The molecule has 0 bridgehead atoms. The second-order valence-electron chi connectivity index (χ2n) is 6.20. The zero-order valence-corrected chi connectivity index (χ0v) is 21.2. The van der Waals surface area contributed by atoms with Crippen molar-refractivity contribution >= 4 is 40.2 Å². The van der Waals surface area contributed by atoms with Gasteiger partial charge in [-0.2, -0.15) is 0 Å². The standard InChI is InChI=1S/C17H23NO3.2HI.Sm/c1-6-11-17(15(19)21-5)12-9-7-8-10-13(12)18(4)14(17)16(2,3)20;;;/h6-10,14,20H,1,11H2,2-5H3;2*1H;/q;;;+2/p-2/t14-,17-;;;/m0.../s1. The zero-order valence-electron chi connectivity index (χ0n) is 14.3. The van der Waals surface area contributed by atoms with Gasteiger partial charge in [0.05, 0.1) is 18.8 Å². The van der Waals surface area contributed by atoms with E-state index in [9.17, 15) is 9.90 Å². The van der Waals surface area contributed by atoms with Crippen molar-refractivity contribution in [3.8, 4) is 0 Å². The van der Waals surface area contributed by atoms with E-state index in [1.165, 1.54) is 7.11 Å². The average molecular weight is 694 g/mol. The van der Waals surface area contributed by atoms with E-state index in [0.29, 0.717) is 6.42 Å². The van der Waals surface area contributed by atoms with Gasteiger partial charge in [-0.3, -0.25) is 4.79 Å². The molecular formula is C17H23I2NO3Sm. The van der Waals surface area contributed by atoms with Crippen LogP contribution in [0.5, 0.6) is 0 Å². The number of carbonyl (C=O) groups is 1. The van der Waals surface area contributed by atoms with Crippen LogP contribution in [0.3, 0.4) is 0 Å². The van der Waals surface area contributed by atoms with E-state index in [1.807, 2.05) is 36.2 Å². The Hall–Kier alpha value is 0.988. The van der Waals surface area contributed by atoms with E-state index in [2.05, 4.69) is 35.2 Å². The van der Waals surface area contributed by atoms with Gasteiger partial charge < -0.3 is 14.7 Å². The normalized spacial score (nSPS) is 22.3. The van der Waals surface area contributed by atoms with Gasteiger partial charge in [-0.1, -0.05) is 24.3 Å². The van der Waals surface area contributed by atoms with Gasteiger partial charge in [0.25, 0.3) is 0 Å². The van der Waals surface area contributed by atoms with Crippen molar-refractivity contribution in [2.75, 3.05) is 19.1 Å². The molecule has 134 valence electrons. The maximum atomic E-state index is 12.7. The van der Waals surface area contributed by atoms with Gasteiger partial charge in [-0.25, -0.2) is 0 Å². The SMILES string of the molecule is C=CC[C@]1(C(=O)OC)c2ccccc2N(C)[C@H]1C(C)(C)O.[I][Sm][I]. The predicted molar refractivity (Wildman–Crippen MR) is 111 cm³/mol. The van der Waals surface area contributed by atoms with E-state index < -0.39 is 17.1 Å². The van der Waals surface area contributed by atoms with Gasteiger partial charge in [0.15, 0.2) is 0 Å². The van der Waals surface area contributed by atoms with Crippen LogP contribution in [0.15, 0.2) is 36.9 Å². The quantitative estimate of drug-likeness (QED) is 0.294. The van der Waals surface area contributed by atoms with E-state index in [1.54, 1.807) is 19.9 Å². The third-order valence-electron chi connectivity index (χ3n) is 4.30. The van der Waals surface area contributed by atoms with Crippen molar-refractivity contribution in [1.82, 2.24) is 0 Å². The molecule has 0 spiro atoms. The summed E-state index contributed by atoms with van der Waals surface area (Å²) in [6.07, 6.45) is 2.13. The molecule has 0 amide bonds. The number of hydrogen-bond donors (Lipinski definition) is 1. The van der Waals surface area contributed by atoms with Crippen molar-refractivity contribution in [2.45, 2.75) is 37.3 Å². The maximum absolute atomic E-state index is 12.7. The molecule has 1 aliphatic heterocycles. The molecule has 0 fully saturated rings. The number of esters is 1. The van der Waals surface area contributed by atoms with Crippen LogP contribution < -0.4 is 4.90 Å². The van der Waals surface area contributed by atoms with Crippen LogP contribution in [-0.2, 0) is 14.9 Å². The Morgan fingerprint density at radius 1 is 1.50 bits per heavy atom. The summed E-state index contributed by atoms with van der Waals surface area (Å²) in [5, 5.41) is 10.7. The minimum absolute atomic E-state index is 0.190. The van der Waals surface area contributed by atoms with Gasteiger partial charge in [0.2, 0.25) is 0 Å². The number of halogens is 2. The predicted octanol–water partition coefficient (Wildman–Crippen LogP) is 4.03. The topological polar surface area (TPSA) is 49.8 Å². The van der Waals surface area contributed by atoms with E-state index in [4.69, 9.17) is 4.74 Å². The Balaban J connectivity index is 0.000000891. The van der Waals surface area contributed by atoms with Crippen molar-refractivity contribution in [3.05, 3.63) is 42.5 Å². The molecule has 0 unspecified atom stereocenters. The van der Waals surface area contributed by atoms with Crippen LogP contribution in [0.2, 0.25) is 0 Å². The molecular weight excluding hydrogens is 670 g/mol. The summed E-state index contributed by atoms with van der Waals surface area (Å²) in [5.74, 6) is -0.341. The molecule has 1 N–H and O–H groups in total. The van der Waals surface area contributed by atoms with Crippen molar-refractivity contribution in [2.24, 2.45) is 0 Å². The molecule has 1 heterocycles. The van der Waals surface area contributed by atoms with Crippen LogP contribution in [0, 0.1) is 25.5 Å². The number of ether oxygens (including phenoxy) is 1. The number of nitrogens with zero attached hydrogens (tertiary/aromatic N) is 1. The van der Waals surface area contributed by atoms with Gasteiger partial charge in [0, 0.05) is 12.7 Å². The Bertz CT molecular complexity index is 591. The van der Waals surface area contributed by atoms with Gasteiger partial charge >= 0.3 is 60.0 Å². The second-order valence-corrected chi connectivity index (χ2v) is 25.6. The number of para-hydroxylation sites is 1. The Morgan fingerprint density at radius 2 is 2.04 bits per heavy atom. The summed E-state index contributed by atoms with van der Waals surface area (Å²) in [7, 11) is 3.28. The molecule has 0 radical (unpaired) electrons. The Morgan fingerprint density at radius 3 is 2.50 bits per heavy atom. The van der Waals surface area contributed by atoms with E-state index in [-0.39, 0.29) is 31.4 Å². The monoisotopic (exact) mass is 695 g/mol. The van der Waals surface area contributed by atoms with Crippen molar-refractivity contribution < 1.29 is 40.1 Å². The molecule has 4 nitrogen and oxygen atoms in total. The van der Waals surface area contributed by atoms with Gasteiger partial charge in [-0.15, -0.1) is 6.58 Å². The summed E-state index contributed by atoms with van der Waals surface area (Å²) < 4.78 is 5.10. The van der Waals surface area contributed by atoms with Gasteiger partial charge in [-0.05, 0) is 31.9 Å². The number of anilines is 1. The number of rotatable bonds is 4. The van der Waals surface area contributed by atoms with Crippen LogP contribution in [-0.4, -0.2) is 36.9 Å². The van der Waals surface area contributed by atoms with Crippen LogP contribution in [0.1, 0.15) is 25.8 Å². The average Bonchev–Trinajstić information content (AvgIpc) is 2.78. The van der Waals surface area contributed by atoms with Crippen molar-refractivity contribution in [3.63, 3.8) is 0 Å². The summed E-state index contributed by atoms with van der Waals surface area (Å²) in [4.78, 5) is 14.7. The molecule has 7 heteroatoms. The first-order valence-corrected chi connectivity index (χ1v) is 22.4. The molecule has 2 atom stereocenters. The minimum atomic E-state index is -1.08. The summed E-state index contributed by atoms with van der Waals surface area (Å²) >= 11 is 5.07. The first kappa shape index (κ1) is 23.0. The molecule has 24 heavy (non-hydrogen) atoms. The Kier molecular flexibility index (Phi) is 9.39. The summed E-state index contributed by atoms with van der Waals surface area (Å²) in [6, 6.07) is 7.30. The number of aliphatic hydroxyl groups is 1. The molecule has 1 aliphatic rings. The fourth-order valence-electron chi connectivity index (χ4n) is 3.79. The first-order valence-electron chi connectivity index (χ1n) is 7.35. The van der Waals surface area contributed by atoms with Crippen molar-refractivity contribution in [1.29, 1.82) is 0 Å². The fourth-order valence-corrected chi connectivity index (χ4v) is 3.79. The van der Waals surface area contributed by atoms with E-state index in [0.717, 1.165) is 11.3 Å². The fraction of sp³-hybridized carbons (Fsp3) is 0.471. The number of allylic oxidation sites excluding steroid dienone is 1. The number of carbonyl (C=O) groups excluding carboxylic acids is 1. The molecule has 0 saturated carbocycles. The molecule has 1 aromatic carbocycles. The Labute approximate surface area is 176 Å². The number of hydrogen-bond acceptors (Lipinski definition) is 4. The number of fused-ring (bicyclic) bond motifs is 1. The molecule has 2 rings (SSSR count).